The molecule has 2 rings (SSSR count). The van der Waals surface area contributed by atoms with E-state index < -0.39 is 0 Å². The summed E-state index contributed by atoms with van der Waals surface area (Å²) in [6.07, 6.45) is 32.9. The van der Waals surface area contributed by atoms with Gasteiger partial charge in [-0.3, -0.25) is 4.79 Å². The molecule has 0 radical (unpaired) electrons. The van der Waals surface area contributed by atoms with Gasteiger partial charge in [0.25, 0.3) is 0 Å². The van der Waals surface area contributed by atoms with Crippen molar-refractivity contribution in [2.45, 2.75) is 108 Å². The number of aliphatic hydroxyl groups excluding tert-OH is 1. The first-order valence-corrected chi connectivity index (χ1v) is 15.6. The molecule has 0 aromatic carbocycles. The van der Waals surface area contributed by atoms with Crippen LogP contribution in [0, 0.1) is 10.8 Å². The molecular formula is C40H58O2. The third-order valence-electron chi connectivity index (χ3n) is 8.29. The minimum absolute atomic E-state index is 0.0985. The van der Waals surface area contributed by atoms with Crippen LogP contribution >= 0.6 is 0 Å². The summed E-state index contributed by atoms with van der Waals surface area (Å²) in [6.45, 7) is 22.1. The van der Waals surface area contributed by atoms with Gasteiger partial charge < -0.3 is 5.11 Å². The molecule has 230 valence electrons. The van der Waals surface area contributed by atoms with Crippen LogP contribution in [0.4, 0.5) is 0 Å². The van der Waals surface area contributed by atoms with Crippen LogP contribution in [0.1, 0.15) is 108 Å². The number of carbonyl (C=O) groups excluding carboxylic acids is 1. The zero-order chi connectivity index (χ0) is 31.8. The van der Waals surface area contributed by atoms with Crippen molar-refractivity contribution >= 4 is 6.29 Å². The van der Waals surface area contributed by atoms with Crippen LogP contribution in [0.25, 0.3) is 0 Å². The Morgan fingerprint density at radius 3 is 1.45 bits per heavy atom. The lowest BCUT2D eigenvalue weighted by Crippen LogP contribution is -2.19. The van der Waals surface area contributed by atoms with Crippen LogP contribution in [0.3, 0.4) is 0 Å². The molecule has 2 nitrogen and oxygen atoms in total. The Bertz CT molecular complexity index is 1210. The van der Waals surface area contributed by atoms with Crippen molar-refractivity contribution in [3.8, 4) is 0 Å². The summed E-state index contributed by atoms with van der Waals surface area (Å²) in [5.41, 5.74) is 11.1. The van der Waals surface area contributed by atoms with Gasteiger partial charge in [0.05, 0.1) is 6.61 Å². The van der Waals surface area contributed by atoms with Gasteiger partial charge in [-0.2, -0.15) is 0 Å². The monoisotopic (exact) mass is 570 g/mol. The normalized spacial score (nSPS) is 20.7. The molecule has 42 heavy (non-hydrogen) atoms. The highest BCUT2D eigenvalue weighted by Gasteiger charge is 2.27. The molecule has 0 amide bonds. The first-order valence-electron chi connectivity index (χ1n) is 15.6. The van der Waals surface area contributed by atoms with E-state index in [1.165, 1.54) is 72.0 Å². The highest BCUT2D eigenvalue weighted by molar-refractivity contribution is 5.67. The summed E-state index contributed by atoms with van der Waals surface area (Å²) in [7, 11) is 0. The van der Waals surface area contributed by atoms with Crippen LogP contribution in [0.15, 0.2) is 117 Å². The van der Waals surface area contributed by atoms with Gasteiger partial charge in [0.15, 0.2) is 0 Å². The van der Waals surface area contributed by atoms with E-state index >= 15 is 0 Å². The average molecular weight is 571 g/mol. The van der Waals surface area contributed by atoms with Crippen LogP contribution in [-0.2, 0) is 4.79 Å². The third-order valence-corrected chi connectivity index (χ3v) is 8.29. The molecule has 0 unspecified atom stereocenters. The number of carbonyl (C=O) groups is 1. The lowest BCUT2D eigenvalue weighted by molar-refractivity contribution is -0.104. The van der Waals surface area contributed by atoms with Crippen LogP contribution in [0.2, 0.25) is 0 Å². The molecule has 0 saturated heterocycles. The summed E-state index contributed by atoms with van der Waals surface area (Å²) in [6, 6.07) is 0. The maximum Gasteiger partial charge on any atom is 0.143 e. The molecule has 0 aliphatic heterocycles. The quantitative estimate of drug-likeness (QED) is 0.161. The Balaban J connectivity index is 0.000000420. The topological polar surface area (TPSA) is 37.3 Å². The summed E-state index contributed by atoms with van der Waals surface area (Å²) in [5, 5.41) is 8.81. The van der Waals surface area contributed by atoms with Crippen molar-refractivity contribution in [1.82, 2.24) is 0 Å². The van der Waals surface area contributed by atoms with E-state index in [4.69, 9.17) is 5.11 Å². The van der Waals surface area contributed by atoms with E-state index in [0.29, 0.717) is 5.41 Å². The Morgan fingerprint density at radius 2 is 1.07 bits per heavy atom. The van der Waals surface area contributed by atoms with Crippen molar-refractivity contribution in [3.63, 3.8) is 0 Å². The Morgan fingerprint density at radius 1 is 0.667 bits per heavy atom. The smallest absolute Gasteiger partial charge is 0.143 e. The van der Waals surface area contributed by atoms with E-state index in [0.717, 1.165) is 17.4 Å². The standard InChI is InChI=1S/C20H30O.C20H28O/c2*1-16(8-6-9-17(2)13-15-21)11-12-19-18(3)10-7-14-20(19,4)5/h6,8-9,11-13,21H,7,10,14-15H2,1-5H3;6,8-9,11-13,15H,7,10,14H2,1-5H3/b2*9-6+,12-11+,16-8+,17-13+. The Hall–Kier alpha value is -2.97. The molecule has 0 heterocycles. The fourth-order valence-corrected chi connectivity index (χ4v) is 5.64. The van der Waals surface area contributed by atoms with Crippen LogP contribution < -0.4 is 0 Å². The lowest BCUT2D eigenvalue weighted by atomic mass is 9.72. The van der Waals surface area contributed by atoms with E-state index in [-0.39, 0.29) is 12.0 Å². The highest BCUT2D eigenvalue weighted by Crippen LogP contribution is 2.41. The molecule has 0 saturated carbocycles. The van der Waals surface area contributed by atoms with Crippen molar-refractivity contribution in [2.75, 3.05) is 6.61 Å². The van der Waals surface area contributed by atoms with Crippen molar-refractivity contribution in [3.05, 3.63) is 117 Å². The second kappa shape index (κ2) is 18.5. The first-order chi connectivity index (χ1) is 19.7. The number of aliphatic hydroxyl groups is 1. The van der Waals surface area contributed by atoms with Gasteiger partial charge in [-0.1, -0.05) is 122 Å². The van der Waals surface area contributed by atoms with Gasteiger partial charge in [0, 0.05) is 0 Å². The Labute approximate surface area is 258 Å². The van der Waals surface area contributed by atoms with E-state index in [1.54, 1.807) is 12.2 Å². The van der Waals surface area contributed by atoms with Gasteiger partial charge in [-0.25, -0.2) is 0 Å². The fraction of sp³-hybridized carbons (Fsp3) is 0.475. The predicted molar refractivity (Wildman–Crippen MR) is 185 cm³/mol. The lowest BCUT2D eigenvalue weighted by Gasteiger charge is -2.33. The molecular weight excluding hydrogens is 512 g/mol. The zero-order valence-electron chi connectivity index (χ0n) is 28.3. The maximum absolute atomic E-state index is 10.3. The van der Waals surface area contributed by atoms with Crippen molar-refractivity contribution < 1.29 is 9.90 Å². The summed E-state index contributed by atoms with van der Waals surface area (Å²) in [4.78, 5) is 10.3. The molecule has 0 aromatic heterocycles. The third kappa shape index (κ3) is 13.8. The van der Waals surface area contributed by atoms with Gasteiger partial charge in [-0.15, -0.1) is 0 Å². The summed E-state index contributed by atoms with van der Waals surface area (Å²) >= 11 is 0. The van der Waals surface area contributed by atoms with Crippen molar-refractivity contribution in [1.29, 1.82) is 0 Å². The number of allylic oxidation sites excluding steroid dienone is 19. The van der Waals surface area contributed by atoms with Gasteiger partial charge in [-0.05, 0) is 114 Å². The van der Waals surface area contributed by atoms with Gasteiger partial charge >= 0.3 is 0 Å². The molecule has 2 aliphatic carbocycles. The van der Waals surface area contributed by atoms with Gasteiger partial charge in [0.1, 0.15) is 6.29 Å². The van der Waals surface area contributed by atoms with Gasteiger partial charge in [0.2, 0.25) is 0 Å². The predicted octanol–water partition coefficient (Wildman–Crippen LogP) is 11.2. The largest absolute Gasteiger partial charge is 0.392 e. The highest BCUT2D eigenvalue weighted by atomic mass is 16.2. The van der Waals surface area contributed by atoms with E-state index in [9.17, 15) is 4.79 Å². The number of rotatable bonds is 10. The van der Waals surface area contributed by atoms with Crippen LogP contribution in [-0.4, -0.2) is 18.0 Å². The maximum atomic E-state index is 10.3. The minimum atomic E-state index is 0.0985. The van der Waals surface area contributed by atoms with Crippen molar-refractivity contribution in [2.24, 2.45) is 10.8 Å². The molecule has 0 atom stereocenters. The number of hydrogen-bond acceptors (Lipinski definition) is 2. The zero-order valence-corrected chi connectivity index (χ0v) is 28.3. The number of aldehydes is 1. The second-order valence-corrected chi connectivity index (χ2v) is 13.2. The molecule has 0 bridgehead atoms. The van der Waals surface area contributed by atoms with E-state index in [2.05, 4.69) is 91.8 Å². The summed E-state index contributed by atoms with van der Waals surface area (Å²) < 4.78 is 0. The Kier molecular flexibility index (Phi) is 16.4. The minimum Gasteiger partial charge on any atom is -0.392 e. The second-order valence-electron chi connectivity index (χ2n) is 13.2. The average Bonchev–Trinajstić information content (AvgIpc) is 2.88. The molecule has 1 N–H and O–H groups in total. The van der Waals surface area contributed by atoms with Crippen LogP contribution in [0.5, 0.6) is 0 Å². The molecule has 2 aliphatic rings. The molecule has 0 aromatic rings. The molecule has 0 fully saturated rings. The first kappa shape index (κ1) is 37.1. The fourth-order valence-electron chi connectivity index (χ4n) is 5.64. The molecule has 0 spiro atoms. The SMILES string of the molecule is CC1=C(/C=C/C(C)=C/C=C/C(C)=C/C=O)C(C)(C)CCC1.CC1=C(/C=C/C(C)=C/C=C/C(C)=C/CO)C(C)(C)CCC1. The molecule has 2 heteroatoms. The van der Waals surface area contributed by atoms with E-state index in [1.807, 2.05) is 38.2 Å². The summed E-state index contributed by atoms with van der Waals surface area (Å²) in [5.74, 6) is 0. The number of hydrogen-bond donors (Lipinski definition) is 1.